The number of hydrogen-bond donors (Lipinski definition) is 2. The van der Waals surface area contributed by atoms with Crippen molar-refractivity contribution in [1.82, 2.24) is 0 Å². The molecule has 0 aromatic carbocycles. The van der Waals surface area contributed by atoms with Crippen LogP contribution >= 0.6 is 0 Å². The summed E-state index contributed by atoms with van der Waals surface area (Å²) in [5.41, 5.74) is -1.00. The summed E-state index contributed by atoms with van der Waals surface area (Å²) in [5, 5.41) is 17.0. The molecule has 4 heteroatoms. The van der Waals surface area contributed by atoms with Gasteiger partial charge in [-0.15, -0.1) is 0 Å². The fourth-order valence-corrected chi connectivity index (χ4v) is 0. The Balaban J connectivity index is -0.0000000491. The Morgan fingerprint density at radius 2 is 0.769 bits per heavy atom. The van der Waals surface area contributed by atoms with Crippen molar-refractivity contribution in [3.05, 3.63) is 7.43 Å². The van der Waals surface area contributed by atoms with Crippen molar-refractivity contribution in [2.75, 3.05) is 0 Å². The molecule has 0 unspecified atom stereocenters. The van der Waals surface area contributed by atoms with Crippen molar-refractivity contribution in [1.29, 1.82) is 0 Å². The number of aliphatic hydroxyl groups is 2. The first-order valence-electron chi connectivity index (χ1n) is 3.63. The molecule has 0 spiro atoms. The summed E-state index contributed by atoms with van der Waals surface area (Å²) in [6, 6.07) is 0. The van der Waals surface area contributed by atoms with Gasteiger partial charge in [-0.05, 0) is 41.5 Å². The maximum absolute atomic E-state index is 8.52. The van der Waals surface area contributed by atoms with Crippen LogP contribution in [0.1, 0.15) is 41.5 Å². The minimum atomic E-state index is -0.500. The summed E-state index contributed by atoms with van der Waals surface area (Å²) in [6.07, 6.45) is 0. The van der Waals surface area contributed by atoms with Gasteiger partial charge in [-0.1, -0.05) is 0 Å². The Hall–Kier alpha value is 0.304. The third kappa shape index (κ3) is 14100. The van der Waals surface area contributed by atoms with Gasteiger partial charge in [0.15, 0.2) is 0 Å². The van der Waals surface area contributed by atoms with Gasteiger partial charge in [-0.3, -0.25) is 0 Å². The van der Waals surface area contributed by atoms with Crippen LogP contribution in [0.2, 0.25) is 0 Å². The first-order valence-corrected chi connectivity index (χ1v) is 4.20. The normalized spacial score (nSPS) is 9.46. The van der Waals surface area contributed by atoms with Crippen molar-refractivity contribution in [2.24, 2.45) is 0 Å². The summed E-state index contributed by atoms with van der Waals surface area (Å²) in [5.74, 6) is 0. The van der Waals surface area contributed by atoms with Crippen LogP contribution in [0, 0.1) is 7.43 Å². The Bertz CT molecular complexity index is 68.0. The van der Waals surface area contributed by atoms with E-state index in [9.17, 15) is 0 Å². The third-order valence-electron chi connectivity index (χ3n) is 0. The molecular weight excluding hydrogens is 207 g/mol. The molecule has 0 saturated heterocycles. The summed E-state index contributed by atoms with van der Waals surface area (Å²) in [7, 11) is 0. The molecule has 0 heterocycles. The van der Waals surface area contributed by atoms with Crippen molar-refractivity contribution in [2.45, 2.75) is 52.7 Å². The fraction of sp³-hybridized carbons (Fsp3) is 0.889. The second-order valence-electron chi connectivity index (χ2n) is 4.34. The average molecular weight is 230 g/mol. The molecule has 3 nitrogen and oxygen atoms in total. The van der Waals surface area contributed by atoms with Crippen LogP contribution < -0.4 is 0 Å². The zero-order valence-corrected chi connectivity index (χ0v) is 11.1. The first kappa shape index (κ1) is 23.3. The van der Waals surface area contributed by atoms with Crippen molar-refractivity contribution in [3.63, 3.8) is 0 Å². The van der Waals surface area contributed by atoms with E-state index in [2.05, 4.69) is 0 Å². The molecule has 0 amide bonds. The molecular formula is C9H23O3V-. The molecule has 0 aliphatic heterocycles. The van der Waals surface area contributed by atoms with Crippen LogP contribution in [0.4, 0.5) is 0 Å². The van der Waals surface area contributed by atoms with E-state index in [0.717, 1.165) is 17.4 Å². The third-order valence-corrected chi connectivity index (χ3v) is 0. The molecule has 0 fully saturated rings. The van der Waals surface area contributed by atoms with Crippen molar-refractivity contribution in [3.8, 4) is 0 Å². The second kappa shape index (κ2) is 10.4. The topological polar surface area (TPSA) is 57.5 Å². The molecule has 0 rings (SSSR count). The first-order chi connectivity index (χ1) is 5.00. The van der Waals surface area contributed by atoms with Crippen LogP contribution in [0.25, 0.3) is 0 Å². The van der Waals surface area contributed by atoms with E-state index in [-0.39, 0.29) is 7.43 Å². The Morgan fingerprint density at radius 3 is 0.769 bits per heavy atom. The molecule has 13 heavy (non-hydrogen) atoms. The van der Waals surface area contributed by atoms with Crippen LogP contribution in [0.5, 0.6) is 0 Å². The van der Waals surface area contributed by atoms with E-state index in [4.69, 9.17) is 13.9 Å². The molecule has 0 aromatic rings. The van der Waals surface area contributed by atoms with Crippen LogP contribution in [-0.4, -0.2) is 21.4 Å². The molecule has 0 radical (unpaired) electrons. The standard InChI is InChI=1S/2C4H10O.CH3.O.V/c2*1-4(2,3)5;;;/h2*5H,1-3H3;1H3;;/q;;-1;;. The molecule has 0 aliphatic carbocycles. The fourth-order valence-electron chi connectivity index (χ4n) is 0. The molecule has 83 valence electrons. The van der Waals surface area contributed by atoms with E-state index in [1.54, 1.807) is 41.5 Å². The minimum absolute atomic E-state index is 0. The number of rotatable bonds is 0. The van der Waals surface area contributed by atoms with Crippen LogP contribution in [0.3, 0.4) is 0 Å². The zero-order valence-electron chi connectivity index (χ0n) is 9.75. The van der Waals surface area contributed by atoms with Gasteiger partial charge < -0.3 is 17.6 Å². The molecule has 0 saturated carbocycles. The van der Waals surface area contributed by atoms with Gasteiger partial charge in [0, 0.05) is 0 Å². The Kier molecular flexibility index (Phi) is 18.6. The monoisotopic (exact) mass is 230 g/mol. The van der Waals surface area contributed by atoms with Gasteiger partial charge in [0.25, 0.3) is 0 Å². The van der Waals surface area contributed by atoms with Gasteiger partial charge in [0.1, 0.15) is 0 Å². The maximum atomic E-state index is 8.52. The molecule has 0 aliphatic rings. The van der Waals surface area contributed by atoms with Gasteiger partial charge in [0.05, 0.1) is 11.2 Å². The van der Waals surface area contributed by atoms with E-state index < -0.39 is 11.2 Å². The summed E-state index contributed by atoms with van der Waals surface area (Å²) < 4.78 is 8.19. The molecule has 0 atom stereocenters. The van der Waals surface area contributed by atoms with Gasteiger partial charge in [-0.25, -0.2) is 0 Å². The predicted octanol–water partition coefficient (Wildman–Crippen LogP) is 1.88. The van der Waals surface area contributed by atoms with Crippen molar-refractivity contribution < 1.29 is 31.3 Å². The average Bonchev–Trinajstić information content (AvgIpc) is 1.59. The van der Waals surface area contributed by atoms with E-state index in [1.807, 2.05) is 0 Å². The summed E-state index contributed by atoms with van der Waals surface area (Å²) in [6.45, 7) is 10.5. The van der Waals surface area contributed by atoms with E-state index in [1.165, 1.54) is 0 Å². The summed E-state index contributed by atoms with van der Waals surface area (Å²) in [4.78, 5) is 0. The second-order valence-corrected chi connectivity index (χ2v) is 4.34. The Labute approximate surface area is 91.8 Å². The molecule has 0 bridgehead atoms. The van der Waals surface area contributed by atoms with E-state index >= 15 is 0 Å². The Morgan fingerprint density at radius 1 is 0.769 bits per heavy atom. The molecule has 2 N–H and O–H groups in total. The van der Waals surface area contributed by atoms with Crippen LogP contribution in [0.15, 0.2) is 0 Å². The van der Waals surface area contributed by atoms with Gasteiger partial charge in [-0.2, -0.15) is 0 Å². The zero-order chi connectivity index (χ0) is 11.0. The van der Waals surface area contributed by atoms with Crippen LogP contribution in [-0.2, 0) is 21.0 Å². The molecule has 0 aromatic heterocycles. The quantitative estimate of drug-likeness (QED) is 0.625. The summed E-state index contributed by atoms with van der Waals surface area (Å²) >= 11 is 1.06. The SMILES string of the molecule is CC(C)(C)O.CC(C)(C)O.[CH3-].[O]=[V]. The van der Waals surface area contributed by atoms with Gasteiger partial charge >= 0.3 is 21.0 Å². The number of hydrogen-bond acceptors (Lipinski definition) is 3. The van der Waals surface area contributed by atoms with Gasteiger partial charge in [0.2, 0.25) is 0 Å². The van der Waals surface area contributed by atoms with Crippen molar-refractivity contribution >= 4 is 0 Å². The van der Waals surface area contributed by atoms with E-state index in [0.29, 0.717) is 0 Å². The predicted molar refractivity (Wildman–Crippen MR) is 51.0 cm³/mol.